The molecule has 3 unspecified atom stereocenters. The molecule has 1 aliphatic carbocycles. The predicted octanol–water partition coefficient (Wildman–Crippen LogP) is 2.84. The molecular formula is C14H16F2O3. The van der Waals surface area contributed by atoms with E-state index in [1.807, 2.05) is 0 Å². The van der Waals surface area contributed by atoms with Crippen LogP contribution in [0.15, 0.2) is 30.3 Å². The molecule has 104 valence electrons. The average Bonchev–Trinajstić information content (AvgIpc) is 2.42. The number of ether oxygens (including phenoxy) is 1. The van der Waals surface area contributed by atoms with Crippen molar-refractivity contribution in [2.75, 3.05) is 0 Å². The van der Waals surface area contributed by atoms with E-state index in [0.29, 0.717) is 18.4 Å². The molecule has 1 fully saturated rings. The van der Waals surface area contributed by atoms with Crippen LogP contribution in [0.4, 0.5) is 8.78 Å². The number of rotatable bonds is 3. The Balaban J connectivity index is 2.04. The minimum absolute atomic E-state index is 0.0329. The molecule has 0 aromatic heterocycles. The van der Waals surface area contributed by atoms with Crippen molar-refractivity contribution in [3.05, 3.63) is 35.9 Å². The Morgan fingerprint density at radius 2 is 2.05 bits per heavy atom. The first-order valence-electron chi connectivity index (χ1n) is 6.32. The lowest BCUT2D eigenvalue weighted by molar-refractivity contribution is -0.217. The van der Waals surface area contributed by atoms with E-state index in [4.69, 9.17) is 0 Å². The van der Waals surface area contributed by atoms with Gasteiger partial charge in [0.25, 0.3) is 5.85 Å². The van der Waals surface area contributed by atoms with E-state index < -0.39 is 24.1 Å². The first-order valence-corrected chi connectivity index (χ1v) is 6.32. The Hall–Kier alpha value is -1.49. The maximum atomic E-state index is 14.2. The summed E-state index contributed by atoms with van der Waals surface area (Å²) in [5.41, 5.74) is 0.294. The molecule has 0 saturated heterocycles. The first-order chi connectivity index (χ1) is 9.03. The second kappa shape index (κ2) is 5.65. The molecule has 0 bridgehead atoms. The van der Waals surface area contributed by atoms with E-state index in [2.05, 4.69) is 4.74 Å². The van der Waals surface area contributed by atoms with Gasteiger partial charge in [-0.3, -0.25) is 0 Å². The van der Waals surface area contributed by atoms with Crippen LogP contribution in [0.25, 0.3) is 0 Å². The van der Waals surface area contributed by atoms with Gasteiger partial charge in [-0.05, 0) is 18.4 Å². The Morgan fingerprint density at radius 3 is 2.68 bits per heavy atom. The van der Waals surface area contributed by atoms with Crippen LogP contribution in [-0.4, -0.2) is 23.1 Å². The third-order valence-electron chi connectivity index (χ3n) is 3.30. The predicted molar refractivity (Wildman–Crippen MR) is 64.7 cm³/mol. The summed E-state index contributed by atoms with van der Waals surface area (Å²) in [5, 5.41) is 9.76. The lowest BCUT2D eigenvalue weighted by Crippen LogP contribution is -2.43. The highest BCUT2D eigenvalue weighted by Crippen LogP contribution is 2.36. The molecule has 1 aromatic rings. The van der Waals surface area contributed by atoms with Gasteiger partial charge >= 0.3 is 5.97 Å². The van der Waals surface area contributed by atoms with Crippen LogP contribution < -0.4 is 0 Å². The van der Waals surface area contributed by atoms with E-state index in [1.165, 1.54) is 12.1 Å². The number of alkyl halides is 2. The minimum atomic E-state index is -2.61. The van der Waals surface area contributed by atoms with Crippen LogP contribution in [0.2, 0.25) is 0 Å². The summed E-state index contributed by atoms with van der Waals surface area (Å²) >= 11 is 0. The van der Waals surface area contributed by atoms with E-state index in [0.717, 1.165) is 0 Å². The number of esters is 1. The molecule has 0 spiro atoms. The number of aliphatic hydroxyl groups excluding tert-OH is 1. The average molecular weight is 270 g/mol. The molecule has 1 aromatic carbocycles. The summed E-state index contributed by atoms with van der Waals surface area (Å²) in [6.45, 7) is 0. The molecular weight excluding hydrogens is 254 g/mol. The van der Waals surface area contributed by atoms with Crippen molar-refractivity contribution >= 4 is 5.97 Å². The molecule has 0 radical (unpaired) electrons. The van der Waals surface area contributed by atoms with Crippen LogP contribution in [-0.2, 0) is 9.53 Å². The Morgan fingerprint density at radius 1 is 1.37 bits per heavy atom. The van der Waals surface area contributed by atoms with E-state index in [9.17, 15) is 18.7 Å². The van der Waals surface area contributed by atoms with Gasteiger partial charge in [-0.25, -0.2) is 9.18 Å². The summed E-state index contributed by atoms with van der Waals surface area (Å²) in [5.74, 6) is -3.76. The molecule has 0 heterocycles. The van der Waals surface area contributed by atoms with Crippen molar-refractivity contribution in [1.82, 2.24) is 0 Å². The molecule has 0 aliphatic heterocycles. The van der Waals surface area contributed by atoms with Gasteiger partial charge in [-0.2, -0.15) is 4.39 Å². The number of benzene rings is 1. The molecule has 1 N–H and O–H groups in total. The molecule has 1 saturated carbocycles. The third-order valence-corrected chi connectivity index (χ3v) is 3.30. The summed E-state index contributed by atoms with van der Waals surface area (Å²) in [4.78, 5) is 11.7. The van der Waals surface area contributed by atoms with Gasteiger partial charge in [0.15, 0.2) is 12.3 Å². The van der Waals surface area contributed by atoms with E-state index in [-0.39, 0.29) is 12.8 Å². The van der Waals surface area contributed by atoms with Crippen molar-refractivity contribution in [3.8, 4) is 0 Å². The van der Waals surface area contributed by atoms with Crippen LogP contribution >= 0.6 is 0 Å². The fourth-order valence-electron chi connectivity index (χ4n) is 2.17. The second-order valence-corrected chi connectivity index (χ2v) is 4.73. The molecule has 1 aliphatic rings. The number of hydrogen-bond acceptors (Lipinski definition) is 3. The van der Waals surface area contributed by atoms with Crippen LogP contribution in [0.1, 0.15) is 37.4 Å². The number of hydrogen-bond donors (Lipinski definition) is 1. The highest BCUT2D eigenvalue weighted by Gasteiger charge is 2.46. The van der Waals surface area contributed by atoms with Gasteiger partial charge in [0.1, 0.15) is 0 Å². The summed E-state index contributed by atoms with van der Waals surface area (Å²) < 4.78 is 32.3. The van der Waals surface area contributed by atoms with Gasteiger partial charge in [0.2, 0.25) is 0 Å². The highest BCUT2D eigenvalue weighted by atomic mass is 19.2. The molecule has 3 nitrogen and oxygen atoms in total. The minimum Gasteiger partial charge on any atom is -0.423 e. The molecule has 2 rings (SSSR count). The fraction of sp³-hybridized carbons (Fsp3) is 0.500. The topological polar surface area (TPSA) is 46.5 Å². The number of carbonyl (C=O) groups excluding carboxylic acids is 1. The second-order valence-electron chi connectivity index (χ2n) is 4.73. The van der Waals surface area contributed by atoms with Crippen LogP contribution in [0.5, 0.6) is 0 Å². The van der Waals surface area contributed by atoms with Gasteiger partial charge in [-0.1, -0.05) is 36.8 Å². The number of aliphatic hydroxyl groups is 1. The van der Waals surface area contributed by atoms with Gasteiger partial charge in [-0.15, -0.1) is 0 Å². The Kier molecular flexibility index (Phi) is 4.14. The highest BCUT2D eigenvalue weighted by molar-refractivity contribution is 5.76. The zero-order valence-corrected chi connectivity index (χ0v) is 10.4. The zero-order valence-electron chi connectivity index (χ0n) is 10.4. The van der Waals surface area contributed by atoms with E-state index in [1.54, 1.807) is 18.2 Å². The summed E-state index contributed by atoms with van der Waals surface area (Å²) in [6.07, 6.45) is -2.51. The van der Waals surface area contributed by atoms with E-state index >= 15 is 0 Å². The molecule has 3 atom stereocenters. The SMILES string of the molecule is O=C(OC1(F)CCCCC1F)C(O)c1ccccc1. The van der Waals surface area contributed by atoms with Crippen molar-refractivity contribution in [1.29, 1.82) is 0 Å². The lowest BCUT2D eigenvalue weighted by Gasteiger charge is -2.32. The maximum absolute atomic E-state index is 14.2. The van der Waals surface area contributed by atoms with Gasteiger partial charge in [0, 0.05) is 6.42 Å². The Labute approximate surface area is 110 Å². The zero-order chi connectivity index (χ0) is 13.9. The van der Waals surface area contributed by atoms with Crippen molar-refractivity contribution in [3.63, 3.8) is 0 Å². The lowest BCUT2D eigenvalue weighted by atomic mass is 9.93. The normalized spacial score (nSPS) is 28.7. The smallest absolute Gasteiger partial charge is 0.342 e. The largest absolute Gasteiger partial charge is 0.423 e. The van der Waals surface area contributed by atoms with Gasteiger partial charge in [0.05, 0.1) is 0 Å². The van der Waals surface area contributed by atoms with Crippen molar-refractivity contribution < 1.29 is 23.4 Å². The Bertz CT molecular complexity index is 438. The molecule has 5 heteroatoms. The monoisotopic (exact) mass is 270 g/mol. The van der Waals surface area contributed by atoms with Gasteiger partial charge < -0.3 is 9.84 Å². The van der Waals surface area contributed by atoms with Crippen LogP contribution in [0, 0.1) is 0 Å². The summed E-state index contributed by atoms with van der Waals surface area (Å²) in [7, 11) is 0. The number of halogens is 2. The standard InChI is InChI=1S/C14H16F2O3/c15-11-8-4-5-9-14(11,16)19-13(18)12(17)10-6-2-1-3-7-10/h1-3,6-7,11-12,17H,4-5,8-9H2. The fourth-order valence-corrected chi connectivity index (χ4v) is 2.17. The van der Waals surface area contributed by atoms with Crippen molar-refractivity contribution in [2.45, 2.75) is 43.8 Å². The number of carbonyl (C=O) groups is 1. The first kappa shape index (κ1) is 13.9. The maximum Gasteiger partial charge on any atom is 0.342 e. The third kappa shape index (κ3) is 3.10. The quantitative estimate of drug-likeness (QED) is 0.859. The van der Waals surface area contributed by atoms with Crippen molar-refractivity contribution in [2.24, 2.45) is 0 Å². The molecule has 0 amide bonds. The van der Waals surface area contributed by atoms with Crippen LogP contribution in [0.3, 0.4) is 0 Å². The summed E-state index contributed by atoms with van der Waals surface area (Å²) in [6, 6.07) is 8.03. The molecule has 19 heavy (non-hydrogen) atoms.